The minimum Gasteiger partial charge on any atom is -0.444 e. The number of benzene rings is 1. The van der Waals surface area contributed by atoms with Crippen LogP contribution in [-0.2, 0) is 30.4 Å². The summed E-state index contributed by atoms with van der Waals surface area (Å²) in [6, 6.07) is 10.4. The van der Waals surface area contributed by atoms with E-state index in [0.29, 0.717) is 42.2 Å². The fourth-order valence-corrected chi connectivity index (χ4v) is 4.32. The van der Waals surface area contributed by atoms with E-state index in [1.54, 1.807) is 42.7 Å². The van der Waals surface area contributed by atoms with E-state index in [9.17, 15) is 18.0 Å². The van der Waals surface area contributed by atoms with Gasteiger partial charge < -0.3 is 9.64 Å². The predicted molar refractivity (Wildman–Crippen MR) is 137 cm³/mol. The molecule has 8 nitrogen and oxygen atoms in total. The third-order valence-electron chi connectivity index (χ3n) is 6.14. The molecule has 0 saturated heterocycles. The molecule has 0 aliphatic carbocycles. The van der Waals surface area contributed by atoms with Crippen LogP contribution in [0.1, 0.15) is 43.2 Å². The number of fused-ring (bicyclic) bond motifs is 1. The van der Waals surface area contributed by atoms with Crippen molar-refractivity contribution >= 4 is 6.09 Å². The first-order chi connectivity index (χ1) is 18.5. The van der Waals surface area contributed by atoms with Gasteiger partial charge in [0, 0.05) is 36.3 Å². The Morgan fingerprint density at radius 1 is 1.05 bits per heavy atom. The van der Waals surface area contributed by atoms with Gasteiger partial charge in [0.15, 0.2) is 5.82 Å². The number of pyridine rings is 1. The molecule has 39 heavy (non-hydrogen) atoms. The summed E-state index contributed by atoms with van der Waals surface area (Å²) in [6.45, 7) is 6.51. The lowest BCUT2D eigenvalue weighted by atomic mass is 10.0. The third-order valence-corrected chi connectivity index (χ3v) is 6.14. The zero-order chi connectivity index (χ0) is 27.8. The molecule has 0 N–H and O–H groups in total. The zero-order valence-corrected chi connectivity index (χ0v) is 21.7. The highest BCUT2D eigenvalue weighted by Gasteiger charge is 2.31. The molecule has 4 heterocycles. The van der Waals surface area contributed by atoms with E-state index in [-0.39, 0.29) is 12.4 Å². The van der Waals surface area contributed by atoms with Gasteiger partial charge in [0.25, 0.3) is 0 Å². The van der Waals surface area contributed by atoms with E-state index in [1.165, 1.54) is 12.1 Å². The molecule has 1 aliphatic rings. The highest BCUT2D eigenvalue weighted by molar-refractivity contribution is 5.70. The van der Waals surface area contributed by atoms with E-state index >= 15 is 0 Å². The van der Waals surface area contributed by atoms with Crippen LogP contribution in [0.2, 0.25) is 0 Å². The minimum atomic E-state index is -4.45. The van der Waals surface area contributed by atoms with E-state index in [2.05, 4.69) is 9.97 Å². The van der Waals surface area contributed by atoms with Crippen LogP contribution in [0.15, 0.2) is 61.1 Å². The van der Waals surface area contributed by atoms with Crippen LogP contribution in [0.4, 0.5) is 18.0 Å². The second kappa shape index (κ2) is 10.1. The number of halogens is 3. The van der Waals surface area contributed by atoms with Crippen molar-refractivity contribution in [3.05, 3.63) is 83.4 Å². The minimum absolute atomic E-state index is 0.184. The topological polar surface area (TPSA) is 86.0 Å². The predicted octanol–water partition coefficient (Wildman–Crippen LogP) is 5.76. The standard InChI is InChI=1S/C28H27F3N6O2/c1-27(2,3)39-26(38)36-13-10-21-23(17-36)33-25(19-6-8-20(9-7-19)28(29,30)31)34-24(21)22-11-14-37(35-22)16-18-5-4-12-32-15-18/h4-9,11-12,14-15H,10,13,16-17H2,1-3H3. The van der Waals surface area contributed by atoms with Crippen molar-refractivity contribution in [2.45, 2.75) is 52.1 Å². The number of carbonyl (C=O) groups excluding carboxylic acids is 1. The zero-order valence-electron chi connectivity index (χ0n) is 21.7. The van der Waals surface area contributed by atoms with Crippen molar-refractivity contribution in [2.75, 3.05) is 6.54 Å². The van der Waals surface area contributed by atoms with Gasteiger partial charge >= 0.3 is 12.3 Å². The van der Waals surface area contributed by atoms with E-state index < -0.39 is 23.4 Å². The fraction of sp³-hybridized carbons (Fsp3) is 0.321. The summed E-state index contributed by atoms with van der Waals surface area (Å²) >= 11 is 0. The molecule has 0 fully saturated rings. The maximum Gasteiger partial charge on any atom is 0.416 e. The van der Waals surface area contributed by atoms with Crippen molar-refractivity contribution in [1.29, 1.82) is 0 Å². The maximum atomic E-state index is 13.1. The van der Waals surface area contributed by atoms with Gasteiger partial charge in [-0.05, 0) is 57.0 Å². The Hall–Kier alpha value is -4.28. The van der Waals surface area contributed by atoms with Crippen LogP contribution in [0.3, 0.4) is 0 Å². The summed E-state index contributed by atoms with van der Waals surface area (Å²) in [5.41, 5.74) is 2.65. The number of amides is 1. The Morgan fingerprint density at radius 3 is 2.49 bits per heavy atom. The first-order valence-corrected chi connectivity index (χ1v) is 12.4. The van der Waals surface area contributed by atoms with E-state index in [4.69, 9.17) is 14.8 Å². The molecule has 1 aliphatic heterocycles. The molecule has 0 radical (unpaired) electrons. The molecule has 0 spiro atoms. The van der Waals surface area contributed by atoms with Crippen LogP contribution < -0.4 is 0 Å². The van der Waals surface area contributed by atoms with E-state index in [0.717, 1.165) is 23.3 Å². The Labute approximate surface area is 223 Å². The Morgan fingerprint density at radius 2 is 1.82 bits per heavy atom. The molecule has 0 saturated carbocycles. The number of carbonyl (C=O) groups is 1. The highest BCUT2D eigenvalue weighted by atomic mass is 19.4. The summed E-state index contributed by atoms with van der Waals surface area (Å²) in [4.78, 5) is 27.9. The lowest BCUT2D eigenvalue weighted by Gasteiger charge is -2.31. The first kappa shape index (κ1) is 26.3. The number of nitrogens with zero attached hydrogens (tertiary/aromatic N) is 6. The Bertz CT molecular complexity index is 1480. The molecular weight excluding hydrogens is 509 g/mol. The van der Waals surface area contributed by atoms with Crippen LogP contribution in [-0.4, -0.2) is 47.9 Å². The lowest BCUT2D eigenvalue weighted by Crippen LogP contribution is -2.40. The van der Waals surface area contributed by atoms with Crippen LogP contribution in [0.5, 0.6) is 0 Å². The van der Waals surface area contributed by atoms with Crippen molar-refractivity contribution < 1.29 is 22.7 Å². The quantitative estimate of drug-likeness (QED) is 0.330. The molecule has 1 aromatic carbocycles. The molecule has 11 heteroatoms. The van der Waals surface area contributed by atoms with Crippen molar-refractivity contribution in [1.82, 2.24) is 29.6 Å². The molecule has 202 valence electrons. The van der Waals surface area contributed by atoms with Crippen molar-refractivity contribution in [2.24, 2.45) is 0 Å². The van der Waals surface area contributed by atoms with Gasteiger partial charge in [-0.2, -0.15) is 18.3 Å². The Kier molecular flexibility index (Phi) is 6.83. The molecule has 1 amide bonds. The molecule has 0 bridgehead atoms. The largest absolute Gasteiger partial charge is 0.444 e. The second-order valence-electron chi connectivity index (χ2n) is 10.3. The average Bonchev–Trinajstić information content (AvgIpc) is 3.35. The summed E-state index contributed by atoms with van der Waals surface area (Å²) in [6.07, 6.45) is 0.883. The molecule has 0 unspecified atom stereocenters. The van der Waals surface area contributed by atoms with Gasteiger partial charge in [0.2, 0.25) is 0 Å². The number of alkyl halides is 3. The number of rotatable bonds is 4. The molecule has 5 rings (SSSR count). The average molecular weight is 537 g/mol. The number of hydrogen-bond donors (Lipinski definition) is 0. The van der Waals surface area contributed by atoms with Crippen molar-refractivity contribution in [3.8, 4) is 22.8 Å². The normalized spacial score (nSPS) is 13.7. The summed E-state index contributed by atoms with van der Waals surface area (Å²) < 4.78 is 46.7. The number of ether oxygens (including phenoxy) is 1. The smallest absolute Gasteiger partial charge is 0.416 e. The molecule has 0 atom stereocenters. The summed E-state index contributed by atoms with van der Waals surface area (Å²) in [5, 5.41) is 4.71. The molecular formula is C28H27F3N6O2. The van der Waals surface area contributed by atoms with E-state index in [1.807, 2.05) is 24.4 Å². The molecule has 3 aromatic heterocycles. The van der Waals surface area contributed by atoms with Crippen molar-refractivity contribution in [3.63, 3.8) is 0 Å². The first-order valence-electron chi connectivity index (χ1n) is 12.4. The van der Waals surface area contributed by atoms with Gasteiger partial charge in [-0.25, -0.2) is 14.8 Å². The summed E-state index contributed by atoms with van der Waals surface area (Å²) in [7, 11) is 0. The SMILES string of the molecule is CC(C)(C)OC(=O)N1CCc2c(nc(-c3ccc(C(F)(F)F)cc3)nc2-c2ccn(Cc3cccnc3)n2)C1. The Balaban J connectivity index is 1.53. The van der Waals surface area contributed by atoms with Crippen LogP contribution in [0.25, 0.3) is 22.8 Å². The summed E-state index contributed by atoms with van der Waals surface area (Å²) in [5.74, 6) is 0.255. The highest BCUT2D eigenvalue weighted by Crippen LogP contribution is 2.33. The van der Waals surface area contributed by atoms with Gasteiger partial charge in [-0.3, -0.25) is 9.67 Å². The van der Waals surface area contributed by atoms with Gasteiger partial charge in [-0.15, -0.1) is 0 Å². The van der Waals surface area contributed by atoms with Gasteiger partial charge in [0.05, 0.1) is 30.0 Å². The number of aromatic nitrogens is 5. The van der Waals surface area contributed by atoms with Crippen LogP contribution >= 0.6 is 0 Å². The fourth-order valence-electron chi connectivity index (χ4n) is 4.32. The lowest BCUT2D eigenvalue weighted by molar-refractivity contribution is -0.137. The second-order valence-corrected chi connectivity index (χ2v) is 10.3. The molecule has 4 aromatic rings. The van der Waals surface area contributed by atoms with Gasteiger partial charge in [0.1, 0.15) is 11.3 Å². The van der Waals surface area contributed by atoms with Gasteiger partial charge in [-0.1, -0.05) is 18.2 Å². The maximum absolute atomic E-state index is 13.1. The third kappa shape index (κ3) is 6.08. The monoisotopic (exact) mass is 536 g/mol. The number of hydrogen-bond acceptors (Lipinski definition) is 6. The van der Waals surface area contributed by atoms with Crippen LogP contribution in [0, 0.1) is 0 Å².